The first kappa shape index (κ1) is 21.6. The fourth-order valence-electron chi connectivity index (χ4n) is 2.70. The number of hydrogen-bond acceptors (Lipinski definition) is 5. The topological polar surface area (TPSA) is 101 Å². The van der Waals surface area contributed by atoms with Crippen molar-refractivity contribution in [2.75, 3.05) is 10.0 Å². The summed E-state index contributed by atoms with van der Waals surface area (Å²) in [5.41, 5.74) is 1.37. The number of aromatic nitrogens is 2. The standard InChI is InChI=1S/C19H15ClF2N4O3S/c1-10-14(12-5-6-23-17(7-12)25-11(2)27)9-24-19(20)18(10)26-30(28,29)16-8-13(21)3-4-15(16)22/h3-9,26H,1-2H3,(H,23,25,27). The van der Waals surface area contributed by atoms with E-state index in [1.807, 2.05) is 0 Å². The maximum atomic E-state index is 14.0. The lowest BCUT2D eigenvalue weighted by atomic mass is 10.0. The lowest BCUT2D eigenvalue weighted by molar-refractivity contribution is -0.114. The summed E-state index contributed by atoms with van der Waals surface area (Å²) in [6.45, 7) is 2.92. The van der Waals surface area contributed by atoms with Gasteiger partial charge in [0.2, 0.25) is 5.91 Å². The number of rotatable bonds is 5. The summed E-state index contributed by atoms with van der Waals surface area (Å²) in [7, 11) is -4.49. The van der Waals surface area contributed by atoms with Gasteiger partial charge in [-0.25, -0.2) is 27.2 Å². The lowest BCUT2D eigenvalue weighted by Crippen LogP contribution is -2.16. The third-order valence-corrected chi connectivity index (χ3v) is 5.74. The van der Waals surface area contributed by atoms with Crippen molar-refractivity contribution in [1.29, 1.82) is 0 Å². The van der Waals surface area contributed by atoms with Crippen LogP contribution in [0.2, 0.25) is 5.15 Å². The number of halogens is 3. The molecule has 30 heavy (non-hydrogen) atoms. The van der Waals surface area contributed by atoms with E-state index in [0.29, 0.717) is 34.6 Å². The number of carbonyl (C=O) groups excluding carboxylic acids is 1. The Morgan fingerprint density at radius 1 is 1.13 bits per heavy atom. The van der Waals surface area contributed by atoms with Gasteiger partial charge in [-0.05, 0) is 48.4 Å². The van der Waals surface area contributed by atoms with Crippen LogP contribution in [0.1, 0.15) is 12.5 Å². The maximum absolute atomic E-state index is 14.0. The second-order valence-corrected chi connectivity index (χ2v) is 8.26. The molecule has 0 aliphatic rings. The molecule has 1 aromatic carbocycles. The van der Waals surface area contributed by atoms with E-state index in [4.69, 9.17) is 11.6 Å². The molecule has 0 fully saturated rings. The van der Waals surface area contributed by atoms with Crippen LogP contribution in [0.3, 0.4) is 0 Å². The average molecular weight is 453 g/mol. The Bertz CT molecular complexity index is 1250. The summed E-state index contributed by atoms with van der Waals surface area (Å²) in [5.74, 6) is -2.04. The minimum absolute atomic E-state index is 0.0873. The van der Waals surface area contributed by atoms with Gasteiger partial charge in [0.1, 0.15) is 22.3 Å². The van der Waals surface area contributed by atoms with Crippen LogP contribution in [0.25, 0.3) is 11.1 Å². The summed E-state index contributed by atoms with van der Waals surface area (Å²) in [6, 6.07) is 5.30. The molecule has 0 spiro atoms. The molecule has 11 heteroatoms. The fraction of sp³-hybridized carbons (Fsp3) is 0.105. The van der Waals surface area contributed by atoms with E-state index in [-0.39, 0.29) is 16.7 Å². The first-order valence-electron chi connectivity index (χ1n) is 8.45. The Labute approximate surface area is 176 Å². The summed E-state index contributed by atoms with van der Waals surface area (Å²) in [6.07, 6.45) is 2.88. The van der Waals surface area contributed by atoms with Gasteiger partial charge < -0.3 is 5.32 Å². The summed E-state index contributed by atoms with van der Waals surface area (Å²) >= 11 is 6.08. The predicted octanol–water partition coefficient (Wildman–Crippen LogP) is 4.14. The van der Waals surface area contributed by atoms with Crippen molar-refractivity contribution in [3.8, 4) is 11.1 Å². The molecule has 2 heterocycles. The van der Waals surface area contributed by atoms with Gasteiger partial charge in [0, 0.05) is 24.9 Å². The van der Waals surface area contributed by atoms with E-state index in [1.165, 1.54) is 19.3 Å². The SMILES string of the molecule is CC(=O)Nc1cc(-c2cnc(Cl)c(NS(=O)(=O)c3cc(F)ccc3F)c2C)ccn1. The van der Waals surface area contributed by atoms with Crippen LogP contribution in [0.4, 0.5) is 20.3 Å². The number of nitrogens with one attached hydrogen (secondary N) is 2. The van der Waals surface area contributed by atoms with Crippen LogP contribution in [0.15, 0.2) is 47.6 Å². The number of carbonyl (C=O) groups is 1. The number of nitrogens with zero attached hydrogens (tertiary/aromatic N) is 2. The number of pyridine rings is 2. The number of hydrogen-bond donors (Lipinski definition) is 2. The van der Waals surface area contributed by atoms with Crippen molar-refractivity contribution in [2.45, 2.75) is 18.7 Å². The van der Waals surface area contributed by atoms with Gasteiger partial charge in [-0.15, -0.1) is 0 Å². The van der Waals surface area contributed by atoms with Crippen molar-refractivity contribution >= 4 is 39.0 Å². The van der Waals surface area contributed by atoms with Gasteiger partial charge in [0.15, 0.2) is 5.15 Å². The predicted molar refractivity (Wildman–Crippen MR) is 109 cm³/mol. The fourth-order valence-corrected chi connectivity index (χ4v) is 4.22. The van der Waals surface area contributed by atoms with Gasteiger partial charge >= 0.3 is 0 Å². The normalized spacial score (nSPS) is 11.2. The Balaban J connectivity index is 2.06. The minimum Gasteiger partial charge on any atom is -0.311 e. The monoisotopic (exact) mass is 452 g/mol. The highest BCUT2D eigenvalue weighted by atomic mass is 35.5. The summed E-state index contributed by atoms with van der Waals surface area (Å²) in [5, 5.41) is 2.37. The van der Waals surface area contributed by atoms with Crippen molar-refractivity contribution in [3.63, 3.8) is 0 Å². The second-order valence-electron chi connectivity index (χ2n) is 6.25. The van der Waals surface area contributed by atoms with Crippen molar-refractivity contribution in [2.24, 2.45) is 0 Å². The Kier molecular flexibility index (Phi) is 5.99. The molecule has 0 saturated heterocycles. The van der Waals surface area contributed by atoms with Gasteiger partial charge in [-0.3, -0.25) is 9.52 Å². The molecule has 0 saturated carbocycles. The smallest absolute Gasteiger partial charge is 0.265 e. The maximum Gasteiger partial charge on any atom is 0.265 e. The number of amides is 1. The highest BCUT2D eigenvalue weighted by Gasteiger charge is 2.23. The molecule has 0 aliphatic heterocycles. The zero-order valence-electron chi connectivity index (χ0n) is 15.7. The molecule has 3 rings (SSSR count). The quantitative estimate of drug-likeness (QED) is 0.566. The Hall–Kier alpha value is -3.11. The highest BCUT2D eigenvalue weighted by molar-refractivity contribution is 7.92. The van der Waals surface area contributed by atoms with E-state index < -0.39 is 26.6 Å². The highest BCUT2D eigenvalue weighted by Crippen LogP contribution is 2.34. The van der Waals surface area contributed by atoms with Gasteiger partial charge in [0.05, 0.1) is 5.69 Å². The van der Waals surface area contributed by atoms with E-state index in [9.17, 15) is 22.0 Å². The molecule has 3 aromatic rings. The van der Waals surface area contributed by atoms with Crippen LogP contribution in [0, 0.1) is 18.6 Å². The molecule has 156 valence electrons. The average Bonchev–Trinajstić information content (AvgIpc) is 2.66. The second kappa shape index (κ2) is 8.33. The molecular weight excluding hydrogens is 438 g/mol. The molecule has 0 atom stereocenters. The van der Waals surface area contributed by atoms with E-state index in [0.717, 1.165) is 6.07 Å². The lowest BCUT2D eigenvalue weighted by Gasteiger charge is -2.15. The van der Waals surface area contributed by atoms with Crippen molar-refractivity contribution in [3.05, 3.63) is 65.1 Å². The van der Waals surface area contributed by atoms with Crippen LogP contribution in [0.5, 0.6) is 0 Å². The number of benzene rings is 1. The third kappa shape index (κ3) is 4.55. The Morgan fingerprint density at radius 3 is 2.57 bits per heavy atom. The molecule has 0 radical (unpaired) electrons. The Morgan fingerprint density at radius 2 is 1.87 bits per heavy atom. The minimum atomic E-state index is -4.49. The van der Waals surface area contributed by atoms with E-state index >= 15 is 0 Å². The zero-order chi connectivity index (χ0) is 22.1. The van der Waals surface area contributed by atoms with Crippen LogP contribution < -0.4 is 10.0 Å². The van der Waals surface area contributed by atoms with E-state index in [2.05, 4.69) is 20.0 Å². The number of anilines is 2. The molecule has 7 nitrogen and oxygen atoms in total. The summed E-state index contributed by atoms with van der Waals surface area (Å²) < 4.78 is 54.9. The molecule has 0 bridgehead atoms. The third-order valence-electron chi connectivity index (χ3n) is 4.09. The zero-order valence-corrected chi connectivity index (χ0v) is 17.3. The van der Waals surface area contributed by atoms with Gasteiger partial charge in [-0.1, -0.05) is 11.6 Å². The largest absolute Gasteiger partial charge is 0.311 e. The molecular formula is C19H15ClF2N4O3S. The van der Waals surface area contributed by atoms with Gasteiger partial charge in [0.25, 0.3) is 10.0 Å². The summed E-state index contributed by atoms with van der Waals surface area (Å²) in [4.78, 5) is 18.4. The van der Waals surface area contributed by atoms with Crippen molar-refractivity contribution < 1.29 is 22.0 Å². The van der Waals surface area contributed by atoms with Crippen LogP contribution in [-0.2, 0) is 14.8 Å². The first-order valence-corrected chi connectivity index (χ1v) is 10.3. The van der Waals surface area contributed by atoms with Crippen molar-refractivity contribution in [1.82, 2.24) is 9.97 Å². The van der Waals surface area contributed by atoms with E-state index in [1.54, 1.807) is 19.1 Å². The molecule has 2 N–H and O–H groups in total. The van der Waals surface area contributed by atoms with Crippen LogP contribution in [-0.4, -0.2) is 24.3 Å². The molecule has 0 aliphatic carbocycles. The first-order chi connectivity index (χ1) is 14.1. The van der Waals surface area contributed by atoms with Crippen LogP contribution >= 0.6 is 11.6 Å². The van der Waals surface area contributed by atoms with Gasteiger partial charge in [-0.2, -0.15) is 0 Å². The molecule has 2 aromatic heterocycles. The molecule has 0 unspecified atom stereocenters. The number of sulfonamides is 1. The molecule has 1 amide bonds.